The van der Waals surface area contributed by atoms with E-state index in [4.69, 9.17) is 0 Å². The summed E-state index contributed by atoms with van der Waals surface area (Å²) in [6.07, 6.45) is 2.66. The first-order valence-electron chi connectivity index (χ1n) is 7.15. The van der Waals surface area contributed by atoms with E-state index in [1.165, 1.54) is 6.07 Å². The predicted octanol–water partition coefficient (Wildman–Crippen LogP) is 1.94. The first-order chi connectivity index (χ1) is 9.97. The number of carboxylic acids is 1. The van der Waals surface area contributed by atoms with Crippen molar-refractivity contribution in [3.05, 3.63) is 29.8 Å². The van der Waals surface area contributed by atoms with E-state index in [0.29, 0.717) is 11.6 Å². The molecule has 3 rings (SSSR count). The van der Waals surface area contributed by atoms with Crippen LogP contribution in [0.2, 0.25) is 0 Å². The van der Waals surface area contributed by atoms with E-state index in [0.717, 1.165) is 25.3 Å². The summed E-state index contributed by atoms with van der Waals surface area (Å²) in [5, 5.41) is 18.9. The number of hydrogen-bond donors (Lipinski definition) is 2. The third-order valence-corrected chi connectivity index (χ3v) is 4.17. The van der Waals surface area contributed by atoms with Crippen LogP contribution in [-0.2, 0) is 0 Å². The van der Waals surface area contributed by atoms with Crippen LogP contribution in [0, 0.1) is 0 Å². The number of hydrogen-bond acceptors (Lipinski definition) is 4. The van der Waals surface area contributed by atoms with Crippen LogP contribution in [0.25, 0.3) is 5.52 Å². The van der Waals surface area contributed by atoms with Gasteiger partial charge in [0.25, 0.3) is 0 Å². The summed E-state index contributed by atoms with van der Waals surface area (Å²) < 4.78 is 1.79. The van der Waals surface area contributed by atoms with Gasteiger partial charge in [-0.05, 0) is 32.9 Å². The highest BCUT2D eigenvalue weighted by Gasteiger charge is 2.30. The van der Waals surface area contributed by atoms with Gasteiger partial charge in [-0.1, -0.05) is 0 Å². The van der Waals surface area contributed by atoms with Crippen LogP contribution in [0.1, 0.15) is 42.5 Å². The lowest BCUT2D eigenvalue weighted by Crippen LogP contribution is -2.28. The molecule has 0 aliphatic carbocycles. The van der Waals surface area contributed by atoms with E-state index >= 15 is 0 Å². The largest absolute Gasteiger partial charge is 0.508 e. The van der Waals surface area contributed by atoms with Gasteiger partial charge in [0.05, 0.1) is 5.52 Å². The number of aromatic nitrogens is 2. The van der Waals surface area contributed by atoms with E-state index < -0.39 is 5.97 Å². The predicted molar refractivity (Wildman–Crippen MR) is 77.9 cm³/mol. The van der Waals surface area contributed by atoms with Gasteiger partial charge in [-0.2, -0.15) is 0 Å². The van der Waals surface area contributed by atoms with Crippen LogP contribution in [-0.4, -0.2) is 49.6 Å². The summed E-state index contributed by atoms with van der Waals surface area (Å²) in [7, 11) is 0. The van der Waals surface area contributed by atoms with Crippen LogP contribution in [0.4, 0.5) is 0 Å². The Balaban J connectivity index is 2.05. The average Bonchev–Trinajstić information content (AvgIpc) is 3.01. The first-order valence-corrected chi connectivity index (χ1v) is 7.15. The maximum absolute atomic E-state index is 11.4. The second kappa shape index (κ2) is 5.04. The van der Waals surface area contributed by atoms with E-state index in [-0.39, 0.29) is 17.4 Å². The third kappa shape index (κ3) is 2.35. The van der Waals surface area contributed by atoms with Crippen LogP contribution < -0.4 is 0 Å². The molecule has 0 radical (unpaired) electrons. The standard InChI is InChI=1S/C15H19N3O3/c1-9(2)17-5-3-10(8-17)14-16-13(15(20)21)12-7-11(19)4-6-18(12)14/h4,6-7,9-10,19H,3,5,8H2,1-2H3,(H,20,21). The van der Waals surface area contributed by atoms with Gasteiger partial charge in [0, 0.05) is 30.8 Å². The van der Waals surface area contributed by atoms with Crippen molar-refractivity contribution in [2.45, 2.75) is 32.2 Å². The van der Waals surface area contributed by atoms with Crippen molar-refractivity contribution in [1.29, 1.82) is 0 Å². The summed E-state index contributed by atoms with van der Waals surface area (Å²) >= 11 is 0. The van der Waals surface area contributed by atoms with Crippen molar-refractivity contribution >= 4 is 11.5 Å². The van der Waals surface area contributed by atoms with Gasteiger partial charge in [-0.15, -0.1) is 0 Å². The molecule has 6 heteroatoms. The van der Waals surface area contributed by atoms with Crippen LogP contribution >= 0.6 is 0 Å². The number of fused-ring (bicyclic) bond motifs is 1. The molecule has 0 bridgehead atoms. The Morgan fingerprint density at radius 1 is 1.48 bits per heavy atom. The van der Waals surface area contributed by atoms with Gasteiger partial charge in [-0.25, -0.2) is 9.78 Å². The lowest BCUT2D eigenvalue weighted by molar-refractivity contribution is 0.0693. The van der Waals surface area contributed by atoms with E-state index in [1.54, 1.807) is 16.7 Å². The lowest BCUT2D eigenvalue weighted by Gasteiger charge is -2.19. The molecular weight excluding hydrogens is 270 g/mol. The van der Waals surface area contributed by atoms with Crippen molar-refractivity contribution in [1.82, 2.24) is 14.3 Å². The Morgan fingerprint density at radius 3 is 2.86 bits per heavy atom. The van der Waals surface area contributed by atoms with Crippen LogP contribution in [0.3, 0.4) is 0 Å². The highest BCUT2D eigenvalue weighted by Crippen LogP contribution is 2.30. The van der Waals surface area contributed by atoms with Crippen molar-refractivity contribution < 1.29 is 15.0 Å². The highest BCUT2D eigenvalue weighted by molar-refractivity contribution is 5.94. The van der Waals surface area contributed by atoms with E-state index in [1.807, 2.05) is 0 Å². The minimum atomic E-state index is -1.07. The zero-order valence-electron chi connectivity index (χ0n) is 12.2. The number of rotatable bonds is 3. The number of aromatic carboxylic acids is 1. The second-order valence-electron chi connectivity index (χ2n) is 5.84. The molecule has 1 fully saturated rings. The van der Waals surface area contributed by atoms with Crippen molar-refractivity contribution in [2.75, 3.05) is 13.1 Å². The fraction of sp³-hybridized carbons (Fsp3) is 0.467. The number of carbonyl (C=O) groups is 1. The van der Waals surface area contributed by atoms with Gasteiger partial charge in [-0.3, -0.25) is 0 Å². The average molecular weight is 289 g/mol. The monoisotopic (exact) mass is 289 g/mol. The van der Waals surface area contributed by atoms with Crippen LogP contribution in [0.5, 0.6) is 5.75 Å². The maximum atomic E-state index is 11.4. The number of imidazole rings is 1. The molecule has 2 aromatic rings. The van der Waals surface area contributed by atoms with Gasteiger partial charge in [0.2, 0.25) is 0 Å². The maximum Gasteiger partial charge on any atom is 0.356 e. The quantitative estimate of drug-likeness (QED) is 0.902. The second-order valence-corrected chi connectivity index (χ2v) is 5.84. The van der Waals surface area contributed by atoms with Crippen LogP contribution in [0.15, 0.2) is 18.3 Å². The molecule has 2 aromatic heterocycles. The Bertz CT molecular complexity index is 693. The first kappa shape index (κ1) is 13.9. The Morgan fingerprint density at radius 2 is 2.24 bits per heavy atom. The zero-order chi connectivity index (χ0) is 15.1. The highest BCUT2D eigenvalue weighted by atomic mass is 16.4. The molecule has 21 heavy (non-hydrogen) atoms. The summed E-state index contributed by atoms with van der Waals surface area (Å²) in [4.78, 5) is 18.1. The van der Waals surface area contributed by atoms with Crippen molar-refractivity contribution in [2.24, 2.45) is 0 Å². The molecule has 0 spiro atoms. The lowest BCUT2D eigenvalue weighted by atomic mass is 10.1. The number of likely N-dealkylation sites (tertiary alicyclic amines) is 1. The normalized spacial score (nSPS) is 19.7. The number of pyridine rings is 1. The molecule has 0 amide bonds. The van der Waals surface area contributed by atoms with Gasteiger partial charge in [0.15, 0.2) is 5.69 Å². The molecule has 6 nitrogen and oxygen atoms in total. The minimum Gasteiger partial charge on any atom is -0.508 e. The number of carboxylic acid groups (broad SMARTS) is 1. The molecular formula is C15H19N3O3. The zero-order valence-corrected chi connectivity index (χ0v) is 12.2. The molecule has 1 unspecified atom stereocenters. The molecule has 3 heterocycles. The number of aromatic hydroxyl groups is 1. The summed E-state index contributed by atoms with van der Waals surface area (Å²) in [6.45, 7) is 6.20. The molecule has 1 aliphatic rings. The van der Waals surface area contributed by atoms with Crippen molar-refractivity contribution in [3.8, 4) is 5.75 Å². The van der Waals surface area contributed by atoms with Gasteiger partial charge >= 0.3 is 5.97 Å². The topological polar surface area (TPSA) is 78.1 Å². The van der Waals surface area contributed by atoms with Gasteiger partial charge in [0.1, 0.15) is 11.6 Å². The number of nitrogens with zero attached hydrogens (tertiary/aromatic N) is 3. The molecule has 1 aliphatic heterocycles. The molecule has 1 saturated heterocycles. The third-order valence-electron chi connectivity index (χ3n) is 4.17. The van der Waals surface area contributed by atoms with E-state index in [2.05, 4.69) is 23.7 Å². The molecule has 112 valence electrons. The fourth-order valence-electron chi connectivity index (χ4n) is 3.01. The smallest absolute Gasteiger partial charge is 0.356 e. The SMILES string of the molecule is CC(C)N1CCC(c2nc(C(=O)O)c3cc(O)ccn23)C1. The molecule has 0 aromatic carbocycles. The van der Waals surface area contributed by atoms with Crippen molar-refractivity contribution in [3.63, 3.8) is 0 Å². The Kier molecular flexibility index (Phi) is 3.33. The molecule has 0 saturated carbocycles. The minimum absolute atomic E-state index is 0.00361. The fourth-order valence-corrected chi connectivity index (χ4v) is 3.01. The summed E-state index contributed by atoms with van der Waals surface area (Å²) in [5.74, 6) is -0.0298. The Hall–Kier alpha value is -2.08. The summed E-state index contributed by atoms with van der Waals surface area (Å²) in [6, 6.07) is 3.48. The molecule has 2 N–H and O–H groups in total. The van der Waals surface area contributed by atoms with Gasteiger partial charge < -0.3 is 19.5 Å². The molecule has 1 atom stereocenters. The van der Waals surface area contributed by atoms with E-state index in [9.17, 15) is 15.0 Å². The Labute approximate surface area is 122 Å². The summed E-state index contributed by atoms with van der Waals surface area (Å²) in [5.41, 5.74) is 0.449.